The van der Waals surface area contributed by atoms with E-state index in [0.717, 1.165) is 38.8 Å². The molecule has 0 radical (unpaired) electrons. The summed E-state index contributed by atoms with van der Waals surface area (Å²) in [6.45, 7) is 2.64. The lowest BCUT2D eigenvalue weighted by molar-refractivity contribution is -0.586. The lowest BCUT2D eigenvalue weighted by atomic mass is 10.00. The van der Waals surface area contributed by atoms with Crippen LogP contribution in [0.3, 0.4) is 0 Å². The second kappa shape index (κ2) is 6.79. The van der Waals surface area contributed by atoms with Crippen LogP contribution >= 0.6 is 11.8 Å². The van der Waals surface area contributed by atoms with Gasteiger partial charge in [-0.15, -0.1) is 11.8 Å². The Bertz CT molecular complexity index is 989. The minimum Gasteiger partial charge on any atom is -0.710 e. The van der Waals surface area contributed by atoms with Crippen LogP contribution in [0.4, 0.5) is 0 Å². The molecule has 4 nitrogen and oxygen atoms in total. The van der Waals surface area contributed by atoms with E-state index in [2.05, 4.69) is 23.2 Å². The van der Waals surface area contributed by atoms with Gasteiger partial charge in [-0.1, -0.05) is 6.42 Å². The van der Waals surface area contributed by atoms with Gasteiger partial charge < -0.3 is 9.94 Å². The number of H-pyrrole nitrogens is 1. The monoisotopic (exact) mass is 380 g/mol. The van der Waals surface area contributed by atoms with Gasteiger partial charge in [0.1, 0.15) is 11.4 Å². The average molecular weight is 381 g/mol. The smallest absolute Gasteiger partial charge is 0.290 e. The number of benzene rings is 1. The van der Waals surface area contributed by atoms with Gasteiger partial charge in [-0.3, -0.25) is 0 Å². The van der Waals surface area contributed by atoms with Crippen molar-refractivity contribution < 1.29 is 9.47 Å². The Balaban J connectivity index is 1.60. The maximum Gasteiger partial charge on any atom is 0.290 e. The lowest BCUT2D eigenvalue weighted by Crippen LogP contribution is -2.31. The summed E-state index contributed by atoms with van der Waals surface area (Å²) in [6.07, 6.45) is 8.34. The van der Waals surface area contributed by atoms with E-state index in [-0.39, 0.29) is 0 Å². The topological polar surface area (TPSA) is 52.0 Å². The maximum atomic E-state index is 12.4. The first-order valence-corrected chi connectivity index (χ1v) is 10.7. The van der Waals surface area contributed by atoms with Gasteiger partial charge in [0, 0.05) is 21.3 Å². The van der Waals surface area contributed by atoms with Crippen LogP contribution in [0.25, 0.3) is 22.2 Å². The number of aromatic amines is 1. The van der Waals surface area contributed by atoms with Gasteiger partial charge in [-0.25, -0.2) is 9.71 Å². The van der Waals surface area contributed by atoms with Crippen molar-refractivity contribution in [1.82, 2.24) is 4.98 Å². The molecule has 2 aliphatic rings. The summed E-state index contributed by atoms with van der Waals surface area (Å²) in [7, 11) is 0. The number of nitrogens with one attached hydrogen (secondary N) is 1. The SMILES string of the molecule is Cc1cc(-c2cc(SC3CCC3)ccc2OCC2CC2)c2cc[nH]c2[n+]1[O-]. The van der Waals surface area contributed by atoms with Gasteiger partial charge in [0.2, 0.25) is 0 Å². The molecule has 0 saturated heterocycles. The predicted molar refractivity (Wildman–Crippen MR) is 109 cm³/mol. The average Bonchev–Trinajstić information content (AvgIpc) is 3.34. The van der Waals surface area contributed by atoms with Crippen molar-refractivity contribution >= 4 is 22.8 Å². The number of hydrogen-bond acceptors (Lipinski definition) is 3. The lowest BCUT2D eigenvalue weighted by Gasteiger charge is -2.25. The third kappa shape index (κ3) is 3.29. The highest BCUT2D eigenvalue weighted by Gasteiger charge is 2.24. The number of fused-ring (bicyclic) bond motifs is 1. The molecule has 0 aliphatic heterocycles. The molecule has 27 heavy (non-hydrogen) atoms. The zero-order valence-corrected chi connectivity index (χ0v) is 16.3. The third-order valence-electron chi connectivity index (χ3n) is 5.66. The van der Waals surface area contributed by atoms with E-state index in [4.69, 9.17) is 4.74 Å². The molecule has 0 amide bonds. The quantitative estimate of drug-likeness (QED) is 0.472. The van der Waals surface area contributed by atoms with Crippen LogP contribution in [0.1, 0.15) is 37.8 Å². The number of hydrogen-bond donors (Lipinski definition) is 1. The van der Waals surface area contributed by atoms with Gasteiger partial charge in [0.25, 0.3) is 5.65 Å². The standard InChI is InChI=1S/C22H24N2O2S/c1-14-11-19(18-9-10-23-22(18)24(14)25)20-12-17(27-16-3-2-4-16)7-8-21(20)26-13-15-5-6-15/h7-12,15-16,23H,2-6,13H2,1H3. The molecule has 140 valence electrons. The maximum absolute atomic E-state index is 12.4. The van der Waals surface area contributed by atoms with Crippen LogP contribution in [0.2, 0.25) is 0 Å². The van der Waals surface area contributed by atoms with Gasteiger partial charge in [0.05, 0.1) is 18.2 Å². The number of aromatic nitrogens is 2. The molecule has 2 saturated carbocycles. The molecule has 1 aromatic carbocycles. The second-order valence-electron chi connectivity index (χ2n) is 7.82. The second-order valence-corrected chi connectivity index (χ2v) is 9.19. The largest absolute Gasteiger partial charge is 0.710 e. The molecule has 2 heterocycles. The fraction of sp³-hybridized carbons (Fsp3) is 0.409. The summed E-state index contributed by atoms with van der Waals surface area (Å²) in [5.41, 5.74) is 3.45. The molecule has 0 spiro atoms. The van der Waals surface area contributed by atoms with Crippen LogP contribution in [0.15, 0.2) is 41.4 Å². The van der Waals surface area contributed by atoms with E-state index >= 15 is 0 Å². The zero-order chi connectivity index (χ0) is 18.4. The van der Waals surface area contributed by atoms with E-state index in [9.17, 15) is 5.21 Å². The molecule has 2 aliphatic carbocycles. The molecular weight excluding hydrogens is 356 g/mol. The van der Waals surface area contributed by atoms with E-state index < -0.39 is 0 Å². The fourth-order valence-electron chi connectivity index (χ4n) is 3.58. The minimum absolute atomic E-state index is 0.607. The number of nitrogens with zero attached hydrogens (tertiary/aromatic N) is 1. The zero-order valence-electron chi connectivity index (χ0n) is 15.5. The van der Waals surface area contributed by atoms with Crippen LogP contribution in [-0.2, 0) is 0 Å². The van der Waals surface area contributed by atoms with Crippen molar-refractivity contribution in [3.05, 3.63) is 47.4 Å². The Kier molecular flexibility index (Phi) is 4.27. The summed E-state index contributed by atoms with van der Waals surface area (Å²) < 4.78 is 7.18. The van der Waals surface area contributed by atoms with E-state index in [1.807, 2.05) is 37.0 Å². The number of aryl methyl sites for hydroxylation is 1. The number of pyridine rings is 1. The van der Waals surface area contributed by atoms with E-state index in [1.54, 1.807) is 0 Å². The Morgan fingerprint density at radius 2 is 2.00 bits per heavy atom. The summed E-state index contributed by atoms with van der Waals surface area (Å²) in [6, 6.07) is 10.5. The number of ether oxygens (including phenoxy) is 1. The molecule has 1 N–H and O–H groups in total. The Morgan fingerprint density at radius 3 is 2.74 bits per heavy atom. The highest BCUT2D eigenvalue weighted by Crippen LogP contribution is 2.42. The van der Waals surface area contributed by atoms with Gasteiger partial charge in [-0.05, 0) is 68.9 Å². The Hall–Kier alpha value is -2.14. The fourth-order valence-corrected chi connectivity index (χ4v) is 4.87. The highest BCUT2D eigenvalue weighted by molar-refractivity contribution is 8.00. The van der Waals surface area contributed by atoms with Gasteiger partial charge >= 0.3 is 0 Å². The van der Waals surface area contributed by atoms with Crippen molar-refractivity contribution in [3.8, 4) is 16.9 Å². The van der Waals surface area contributed by atoms with Crippen LogP contribution in [0, 0.1) is 18.0 Å². The highest BCUT2D eigenvalue weighted by atomic mass is 32.2. The molecule has 0 atom stereocenters. The molecule has 2 aromatic heterocycles. The first-order chi connectivity index (χ1) is 13.2. The van der Waals surface area contributed by atoms with Crippen molar-refractivity contribution in [1.29, 1.82) is 0 Å². The molecule has 0 unspecified atom stereocenters. The van der Waals surface area contributed by atoms with Crippen LogP contribution < -0.4 is 9.47 Å². The Labute approximate surface area is 163 Å². The minimum atomic E-state index is 0.607. The molecule has 3 aromatic rings. The molecule has 2 fully saturated rings. The molecular formula is C22H24N2O2S. The van der Waals surface area contributed by atoms with Crippen LogP contribution in [-0.4, -0.2) is 16.8 Å². The predicted octanol–water partition coefficient (Wildman–Crippen LogP) is 5.21. The normalized spacial score (nSPS) is 17.2. The summed E-state index contributed by atoms with van der Waals surface area (Å²) in [4.78, 5) is 4.37. The van der Waals surface area contributed by atoms with Crippen molar-refractivity contribution in [2.45, 2.75) is 49.2 Å². The number of rotatable bonds is 6. The molecule has 5 heteroatoms. The number of thioether (sulfide) groups is 1. The van der Waals surface area contributed by atoms with Crippen LogP contribution in [0.5, 0.6) is 5.75 Å². The van der Waals surface area contributed by atoms with Gasteiger partial charge in [0.15, 0.2) is 0 Å². The third-order valence-corrected chi connectivity index (χ3v) is 6.99. The van der Waals surface area contributed by atoms with Crippen molar-refractivity contribution in [3.63, 3.8) is 0 Å². The van der Waals surface area contributed by atoms with Crippen molar-refractivity contribution in [2.24, 2.45) is 5.92 Å². The first kappa shape index (κ1) is 17.0. The summed E-state index contributed by atoms with van der Waals surface area (Å²) in [5.74, 6) is 1.63. The molecule has 5 rings (SSSR count). The van der Waals surface area contributed by atoms with Crippen molar-refractivity contribution in [2.75, 3.05) is 6.61 Å². The van der Waals surface area contributed by atoms with E-state index in [1.165, 1.54) is 37.0 Å². The first-order valence-electron chi connectivity index (χ1n) is 9.83. The molecule has 0 bridgehead atoms. The van der Waals surface area contributed by atoms with E-state index in [0.29, 0.717) is 17.3 Å². The Morgan fingerprint density at radius 1 is 1.15 bits per heavy atom. The van der Waals surface area contributed by atoms with Gasteiger partial charge in [-0.2, -0.15) is 0 Å². The summed E-state index contributed by atoms with van der Waals surface area (Å²) in [5, 5.41) is 14.1. The summed E-state index contributed by atoms with van der Waals surface area (Å²) >= 11 is 1.97.